The standard InChI is InChI=1S/C20H18F3N3O5S2/c21-20(22,23)16-9-14(25-31-16)15-5-6-17(32-15)33(29,30)26-19(18(27)28)10-13(19)12-3-1-11(2-4-12)7-8-24/h1-6,9,13,26H,7-8,10,24H2,(H,27,28)/t13-,19+/m1/s1. The number of nitrogens with one attached hydrogen (secondary N) is 1. The number of nitrogens with two attached hydrogens (primary N) is 1. The maximum atomic E-state index is 12.9. The lowest BCUT2D eigenvalue weighted by molar-refractivity contribution is -0.155. The Balaban J connectivity index is 1.55. The number of carboxylic acid groups (broad SMARTS) is 1. The molecule has 3 aromatic rings. The van der Waals surface area contributed by atoms with Gasteiger partial charge in [0.2, 0.25) is 5.76 Å². The lowest BCUT2D eigenvalue weighted by atomic mass is 10.0. The molecule has 33 heavy (non-hydrogen) atoms. The molecule has 1 aliphatic rings. The first-order valence-corrected chi connectivity index (χ1v) is 12.0. The molecule has 8 nitrogen and oxygen atoms in total. The highest BCUT2D eigenvalue weighted by Gasteiger charge is 2.63. The van der Waals surface area contributed by atoms with Gasteiger partial charge in [0.15, 0.2) is 0 Å². The van der Waals surface area contributed by atoms with E-state index >= 15 is 0 Å². The summed E-state index contributed by atoms with van der Waals surface area (Å²) in [6.07, 6.45) is -4.00. The number of halogens is 3. The van der Waals surface area contributed by atoms with Crippen LogP contribution in [0.3, 0.4) is 0 Å². The first-order chi connectivity index (χ1) is 15.5. The molecule has 0 saturated heterocycles. The van der Waals surface area contributed by atoms with Crippen LogP contribution in [0.5, 0.6) is 0 Å². The minimum Gasteiger partial charge on any atom is -0.480 e. The minimum atomic E-state index is -4.73. The highest BCUT2D eigenvalue weighted by Crippen LogP contribution is 2.52. The number of benzene rings is 1. The number of nitrogens with zero attached hydrogens (tertiary/aromatic N) is 1. The van der Waals surface area contributed by atoms with Gasteiger partial charge in [-0.05, 0) is 42.6 Å². The normalized spacial score (nSPS) is 20.7. The molecule has 0 aliphatic heterocycles. The number of rotatable bonds is 8. The summed E-state index contributed by atoms with van der Waals surface area (Å²) in [5, 5.41) is 13.1. The average Bonchev–Trinajstić information content (AvgIpc) is 3.12. The van der Waals surface area contributed by atoms with Crippen molar-refractivity contribution < 1.29 is 36.0 Å². The summed E-state index contributed by atoms with van der Waals surface area (Å²) in [5.74, 6) is -3.19. The van der Waals surface area contributed by atoms with E-state index in [4.69, 9.17) is 5.73 Å². The van der Waals surface area contributed by atoms with E-state index < -0.39 is 39.4 Å². The molecule has 4 N–H and O–H groups in total. The predicted molar refractivity (Wildman–Crippen MR) is 112 cm³/mol. The second-order valence-corrected chi connectivity index (χ2v) is 10.6. The number of thiophene rings is 1. The fourth-order valence-electron chi connectivity index (χ4n) is 3.56. The number of carbonyl (C=O) groups is 1. The molecule has 0 amide bonds. The van der Waals surface area contributed by atoms with E-state index in [0.29, 0.717) is 35.9 Å². The van der Waals surface area contributed by atoms with E-state index in [1.165, 1.54) is 12.1 Å². The van der Waals surface area contributed by atoms with E-state index in [2.05, 4.69) is 14.4 Å². The monoisotopic (exact) mass is 501 g/mol. The summed E-state index contributed by atoms with van der Waals surface area (Å²) in [6.45, 7) is 0.469. The van der Waals surface area contributed by atoms with Crippen LogP contribution < -0.4 is 10.5 Å². The maximum Gasteiger partial charge on any atom is 0.452 e. The molecule has 1 aliphatic carbocycles. The van der Waals surface area contributed by atoms with Crippen molar-refractivity contribution in [3.63, 3.8) is 0 Å². The van der Waals surface area contributed by atoms with Gasteiger partial charge in [0, 0.05) is 12.0 Å². The zero-order valence-corrected chi connectivity index (χ0v) is 18.4. The molecular weight excluding hydrogens is 483 g/mol. The SMILES string of the molecule is NCCc1ccc([C@H]2C[C@@]2(NS(=O)(=O)c2ccc(-c3cc(C(F)(F)F)on3)s2)C(=O)O)cc1. The van der Waals surface area contributed by atoms with Crippen LogP contribution in [0.4, 0.5) is 13.2 Å². The van der Waals surface area contributed by atoms with Crippen LogP contribution in [0.1, 0.15) is 29.2 Å². The molecule has 13 heteroatoms. The van der Waals surface area contributed by atoms with Crippen molar-refractivity contribution >= 4 is 27.3 Å². The van der Waals surface area contributed by atoms with E-state index in [0.717, 1.165) is 5.56 Å². The van der Waals surface area contributed by atoms with Crippen molar-refractivity contribution in [2.75, 3.05) is 6.54 Å². The van der Waals surface area contributed by atoms with Crippen LogP contribution in [0.25, 0.3) is 10.6 Å². The summed E-state index contributed by atoms with van der Waals surface area (Å²) in [5.41, 5.74) is 5.29. The smallest absolute Gasteiger partial charge is 0.452 e. The molecule has 2 aromatic heterocycles. The van der Waals surface area contributed by atoms with Crippen molar-refractivity contribution in [1.82, 2.24) is 9.88 Å². The number of aromatic nitrogens is 1. The van der Waals surface area contributed by atoms with Gasteiger partial charge in [0.1, 0.15) is 15.4 Å². The predicted octanol–water partition coefficient (Wildman–Crippen LogP) is 3.21. The Morgan fingerprint density at radius 1 is 1.27 bits per heavy atom. The number of sulfonamides is 1. The zero-order valence-electron chi connectivity index (χ0n) is 16.8. The quantitative estimate of drug-likeness (QED) is 0.431. The maximum absolute atomic E-state index is 12.9. The minimum absolute atomic E-state index is 0.0638. The third-order valence-electron chi connectivity index (χ3n) is 5.36. The van der Waals surface area contributed by atoms with E-state index in [1.807, 2.05) is 12.1 Å². The molecule has 0 unspecified atom stereocenters. The summed E-state index contributed by atoms with van der Waals surface area (Å²) in [7, 11) is -4.28. The van der Waals surface area contributed by atoms with Gasteiger partial charge in [0.25, 0.3) is 10.0 Å². The fourth-order valence-corrected chi connectivity index (χ4v) is 6.22. The summed E-state index contributed by atoms with van der Waals surface area (Å²) < 4.78 is 70.3. The van der Waals surface area contributed by atoms with Gasteiger partial charge in [-0.3, -0.25) is 4.79 Å². The summed E-state index contributed by atoms with van der Waals surface area (Å²) in [6, 6.07) is 10.3. The van der Waals surface area contributed by atoms with Crippen LogP contribution in [-0.2, 0) is 27.4 Å². The Hall–Kier alpha value is -2.74. The molecule has 0 spiro atoms. The second-order valence-electron chi connectivity index (χ2n) is 7.61. The molecular formula is C20H18F3N3O5S2. The van der Waals surface area contributed by atoms with Gasteiger partial charge in [-0.15, -0.1) is 11.3 Å². The van der Waals surface area contributed by atoms with Gasteiger partial charge in [0.05, 0.1) is 4.88 Å². The van der Waals surface area contributed by atoms with Crippen molar-refractivity contribution in [2.45, 2.75) is 34.7 Å². The van der Waals surface area contributed by atoms with Crippen molar-refractivity contribution in [2.24, 2.45) is 5.73 Å². The van der Waals surface area contributed by atoms with Crippen LogP contribution in [0.2, 0.25) is 0 Å². The van der Waals surface area contributed by atoms with Crippen molar-refractivity contribution in [1.29, 1.82) is 0 Å². The van der Waals surface area contributed by atoms with E-state index in [9.17, 15) is 31.5 Å². The van der Waals surface area contributed by atoms with Crippen molar-refractivity contribution in [3.05, 3.63) is 59.4 Å². The Bertz CT molecular complexity index is 1280. The molecule has 4 rings (SSSR count). The first kappa shape index (κ1) is 23.4. The van der Waals surface area contributed by atoms with Gasteiger partial charge < -0.3 is 15.4 Å². The number of carboxylic acids is 1. The van der Waals surface area contributed by atoms with E-state index in [1.54, 1.807) is 12.1 Å². The Morgan fingerprint density at radius 2 is 1.97 bits per heavy atom. The number of hydrogen-bond acceptors (Lipinski definition) is 7. The van der Waals surface area contributed by atoms with Gasteiger partial charge in [-0.2, -0.15) is 17.9 Å². The third kappa shape index (κ3) is 4.53. The zero-order chi connectivity index (χ0) is 24.0. The molecule has 1 fully saturated rings. The number of aliphatic carboxylic acids is 1. The summed E-state index contributed by atoms with van der Waals surface area (Å²) >= 11 is 0.656. The van der Waals surface area contributed by atoms with Crippen LogP contribution in [-0.4, -0.2) is 36.7 Å². The number of hydrogen-bond donors (Lipinski definition) is 3. The second kappa shape index (κ2) is 8.24. The Labute approximate surface area is 190 Å². The van der Waals surface area contributed by atoms with Gasteiger partial charge in [-0.25, -0.2) is 8.42 Å². The largest absolute Gasteiger partial charge is 0.480 e. The number of alkyl halides is 3. The Morgan fingerprint density at radius 3 is 2.55 bits per heavy atom. The van der Waals surface area contributed by atoms with E-state index in [-0.39, 0.29) is 21.2 Å². The van der Waals surface area contributed by atoms with Gasteiger partial charge in [-0.1, -0.05) is 29.4 Å². The fraction of sp³-hybridized carbons (Fsp3) is 0.300. The molecule has 1 aromatic carbocycles. The highest BCUT2D eigenvalue weighted by atomic mass is 32.2. The lowest BCUT2D eigenvalue weighted by Crippen LogP contribution is -2.44. The molecule has 1 saturated carbocycles. The molecule has 0 radical (unpaired) electrons. The molecule has 0 bridgehead atoms. The Kier molecular flexibility index (Phi) is 5.85. The topological polar surface area (TPSA) is 136 Å². The lowest BCUT2D eigenvalue weighted by Gasteiger charge is -2.15. The molecule has 176 valence electrons. The van der Waals surface area contributed by atoms with Crippen LogP contribution in [0.15, 0.2) is 51.2 Å². The summed E-state index contributed by atoms with van der Waals surface area (Å²) in [4.78, 5) is 12.1. The highest BCUT2D eigenvalue weighted by molar-refractivity contribution is 7.91. The van der Waals surface area contributed by atoms with Crippen molar-refractivity contribution in [3.8, 4) is 10.6 Å². The average molecular weight is 502 g/mol. The molecule has 2 atom stereocenters. The van der Waals surface area contributed by atoms with Gasteiger partial charge >= 0.3 is 12.1 Å². The third-order valence-corrected chi connectivity index (χ3v) is 8.47. The van der Waals surface area contributed by atoms with Crippen LogP contribution >= 0.6 is 11.3 Å². The van der Waals surface area contributed by atoms with Crippen LogP contribution in [0, 0.1) is 0 Å². The first-order valence-electron chi connectivity index (χ1n) is 9.67. The molecule has 2 heterocycles.